The van der Waals surface area contributed by atoms with E-state index in [-0.39, 0.29) is 5.41 Å². The van der Waals surface area contributed by atoms with Gasteiger partial charge in [0.2, 0.25) is 0 Å². The van der Waals surface area contributed by atoms with Crippen LogP contribution in [0.2, 0.25) is 0 Å². The molecule has 1 aliphatic carbocycles. The van der Waals surface area contributed by atoms with Crippen LogP contribution in [-0.2, 0) is 5.41 Å². The summed E-state index contributed by atoms with van der Waals surface area (Å²) in [5.74, 6) is 0. The number of fused-ring (bicyclic) bond motifs is 14. The molecule has 12 rings (SSSR count). The van der Waals surface area contributed by atoms with Gasteiger partial charge in [-0.25, -0.2) is 0 Å². The molecule has 53 heavy (non-hydrogen) atoms. The van der Waals surface area contributed by atoms with E-state index in [1.165, 1.54) is 117 Å². The number of benzene rings is 9. The molecule has 248 valence electrons. The number of hydrogen-bond donors (Lipinski definition) is 0. The largest absolute Gasteiger partial charge is 0.135 e. The van der Waals surface area contributed by atoms with Crippen molar-refractivity contribution >= 4 is 95.3 Å². The molecule has 0 aliphatic heterocycles. The third-order valence-corrected chi connectivity index (χ3v) is 14.3. The predicted molar refractivity (Wildman–Crippen MR) is 233 cm³/mol. The Morgan fingerprint density at radius 1 is 0.377 bits per heavy atom. The topological polar surface area (TPSA) is 0 Å². The Morgan fingerprint density at radius 2 is 1.00 bits per heavy atom. The minimum atomic E-state index is -0.0232. The van der Waals surface area contributed by atoms with Crippen molar-refractivity contribution in [2.75, 3.05) is 0 Å². The first kappa shape index (κ1) is 29.7. The van der Waals surface area contributed by atoms with Crippen LogP contribution < -0.4 is 0 Å². The summed E-state index contributed by atoms with van der Waals surface area (Å²) in [5, 5.41) is 13.3. The summed E-state index contributed by atoms with van der Waals surface area (Å²) in [6.07, 6.45) is 0. The predicted octanol–water partition coefficient (Wildman–Crippen LogP) is 15.5. The molecule has 0 unspecified atom stereocenters. The fourth-order valence-electron chi connectivity index (χ4n) is 9.71. The summed E-state index contributed by atoms with van der Waals surface area (Å²) in [7, 11) is 0. The highest BCUT2D eigenvalue weighted by molar-refractivity contribution is 7.30. The van der Waals surface area contributed by atoms with Crippen molar-refractivity contribution in [3.8, 4) is 33.4 Å². The van der Waals surface area contributed by atoms with Gasteiger partial charge in [-0.3, -0.25) is 0 Å². The van der Waals surface area contributed by atoms with E-state index < -0.39 is 0 Å². The molecule has 0 amide bonds. The van der Waals surface area contributed by atoms with Gasteiger partial charge in [0.25, 0.3) is 0 Å². The normalized spacial score (nSPS) is 13.6. The van der Waals surface area contributed by atoms with Gasteiger partial charge in [0.05, 0.1) is 0 Å². The molecule has 11 aromatic rings. The third kappa shape index (κ3) is 3.95. The van der Waals surface area contributed by atoms with Crippen LogP contribution in [-0.4, -0.2) is 0 Å². The van der Waals surface area contributed by atoms with Crippen LogP contribution in [0.25, 0.3) is 106 Å². The lowest BCUT2D eigenvalue weighted by atomic mass is 9.81. The van der Waals surface area contributed by atoms with Gasteiger partial charge in [-0.15, -0.1) is 22.7 Å². The maximum atomic E-state index is 2.53. The van der Waals surface area contributed by atoms with E-state index in [0.29, 0.717) is 0 Å². The Morgan fingerprint density at radius 3 is 1.77 bits per heavy atom. The van der Waals surface area contributed by atoms with Crippen molar-refractivity contribution < 1.29 is 0 Å². The van der Waals surface area contributed by atoms with E-state index >= 15 is 0 Å². The minimum Gasteiger partial charge on any atom is -0.135 e. The molecule has 0 fully saturated rings. The molecule has 2 heterocycles. The lowest BCUT2D eigenvalue weighted by Crippen LogP contribution is -2.14. The lowest BCUT2D eigenvalue weighted by molar-refractivity contribution is 0.660. The summed E-state index contributed by atoms with van der Waals surface area (Å²) in [4.78, 5) is 0. The summed E-state index contributed by atoms with van der Waals surface area (Å²) in [6, 6.07) is 59.5. The van der Waals surface area contributed by atoms with Gasteiger partial charge in [0.1, 0.15) is 0 Å². The van der Waals surface area contributed by atoms with Crippen LogP contribution in [0.15, 0.2) is 158 Å². The van der Waals surface area contributed by atoms with E-state index in [1.807, 2.05) is 22.7 Å². The van der Waals surface area contributed by atoms with Crippen molar-refractivity contribution in [2.45, 2.75) is 19.3 Å². The molecule has 1 aliphatic rings. The molecule has 0 saturated carbocycles. The van der Waals surface area contributed by atoms with Crippen LogP contribution >= 0.6 is 22.7 Å². The molecular formula is C51H32S2. The molecule has 2 heteroatoms. The number of thiophene rings is 2. The van der Waals surface area contributed by atoms with Gasteiger partial charge >= 0.3 is 0 Å². The second kappa shape index (κ2) is 10.6. The Balaban J connectivity index is 1.22. The highest BCUT2D eigenvalue weighted by atomic mass is 32.1. The van der Waals surface area contributed by atoms with E-state index in [0.717, 1.165) is 0 Å². The zero-order chi connectivity index (χ0) is 35.0. The van der Waals surface area contributed by atoms with Crippen molar-refractivity contribution in [3.05, 3.63) is 169 Å². The van der Waals surface area contributed by atoms with Crippen LogP contribution in [0.5, 0.6) is 0 Å². The number of hydrogen-bond acceptors (Lipinski definition) is 2. The molecule has 0 N–H and O–H groups in total. The second-order valence-electron chi connectivity index (χ2n) is 15.1. The van der Waals surface area contributed by atoms with Gasteiger partial charge in [0.15, 0.2) is 0 Å². The Kier molecular flexibility index (Phi) is 5.97. The Bertz CT molecular complexity index is 3310. The average Bonchev–Trinajstić information content (AvgIpc) is 3.85. The molecular weight excluding hydrogens is 677 g/mol. The molecule has 0 spiro atoms. The summed E-state index contributed by atoms with van der Waals surface area (Å²) in [6.45, 7) is 4.73. The van der Waals surface area contributed by atoms with Crippen molar-refractivity contribution in [3.63, 3.8) is 0 Å². The maximum Gasteiger partial charge on any atom is 0.0455 e. The van der Waals surface area contributed by atoms with Crippen LogP contribution in [0.3, 0.4) is 0 Å². The Hall–Kier alpha value is -5.80. The highest BCUT2D eigenvalue weighted by Gasteiger charge is 2.35. The van der Waals surface area contributed by atoms with Crippen LogP contribution in [0.1, 0.15) is 25.0 Å². The molecule has 9 aromatic carbocycles. The van der Waals surface area contributed by atoms with Gasteiger partial charge in [-0.1, -0.05) is 147 Å². The fourth-order valence-corrected chi connectivity index (χ4v) is 12.2. The maximum absolute atomic E-state index is 2.53. The van der Waals surface area contributed by atoms with E-state index in [9.17, 15) is 0 Å². The van der Waals surface area contributed by atoms with Gasteiger partial charge in [-0.05, 0) is 101 Å². The molecule has 0 atom stereocenters. The summed E-state index contributed by atoms with van der Waals surface area (Å²) in [5.41, 5.74) is 10.7. The smallest absolute Gasteiger partial charge is 0.0455 e. The first-order valence-electron chi connectivity index (χ1n) is 18.4. The number of rotatable bonds is 2. The molecule has 2 aromatic heterocycles. The lowest BCUT2D eigenvalue weighted by Gasteiger charge is -2.22. The van der Waals surface area contributed by atoms with E-state index in [1.54, 1.807) is 0 Å². The highest BCUT2D eigenvalue weighted by Crippen LogP contribution is 2.54. The summed E-state index contributed by atoms with van der Waals surface area (Å²) < 4.78 is 5.42. The Labute approximate surface area is 315 Å². The molecule has 0 nitrogen and oxygen atoms in total. The second-order valence-corrected chi connectivity index (χ2v) is 17.3. The van der Waals surface area contributed by atoms with E-state index in [4.69, 9.17) is 0 Å². The van der Waals surface area contributed by atoms with Crippen LogP contribution in [0.4, 0.5) is 0 Å². The van der Waals surface area contributed by atoms with Crippen molar-refractivity contribution in [2.24, 2.45) is 0 Å². The van der Waals surface area contributed by atoms with Crippen molar-refractivity contribution in [1.29, 1.82) is 0 Å². The zero-order valence-electron chi connectivity index (χ0n) is 29.3. The minimum absolute atomic E-state index is 0.0232. The zero-order valence-corrected chi connectivity index (χ0v) is 31.0. The monoisotopic (exact) mass is 708 g/mol. The third-order valence-electron chi connectivity index (χ3n) is 12.0. The van der Waals surface area contributed by atoms with Gasteiger partial charge in [-0.2, -0.15) is 0 Å². The quantitative estimate of drug-likeness (QED) is 0.157. The molecule has 0 radical (unpaired) electrons. The average molecular weight is 709 g/mol. The van der Waals surface area contributed by atoms with Crippen LogP contribution in [0, 0.1) is 0 Å². The SMILES string of the molecule is CC1(C)c2ccccc2-c2cc(-c3c4ccccc4c(-c4cc5sc6ccc7ccccc7c6c5c5sc6ccccc6c45)c4ccccc34)ccc21. The molecule has 0 bridgehead atoms. The fraction of sp³-hybridized carbons (Fsp3) is 0.0588. The first-order chi connectivity index (χ1) is 26.1. The molecule has 0 saturated heterocycles. The van der Waals surface area contributed by atoms with Gasteiger partial charge in [0, 0.05) is 45.8 Å². The standard InChI is InChI=1S/C51H32S2/c1-51(2)40-21-11-9-15-32(40)38-27-30(23-25-41(38)51)45-33-16-5-7-18-35(33)46(36-19-8-6-17-34(36)45)39-28-44-49(50-47(39)37-20-10-12-22-42(37)53-50)48-31-14-4-3-13-29(31)24-26-43(48)52-44/h3-28H,1-2H3. The van der Waals surface area contributed by atoms with Crippen molar-refractivity contribution in [1.82, 2.24) is 0 Å². The summed E-state index contributed by atoms with van der Waals surface area (Å²) >= 11 is 3.88. The first-order valence-corrected chi connectivity index (χ1v) is 20.1. The van der Waals surface area contributed by atoms with Gasteiger partial charge < -0.3 is 0 Å². The van der Waals surface area contributed by atoms with E-state index in [2.05, 4.69) is 172 Å².